The maximum atomic E-state index is 12.1. The Kier molecular flexibility index (Phi) is 4.36. The summed E-state index contributed by atoms with van der Waals surface area (Å²) in [6.45, 7) is 3.92. The minimum atomic E-state index is -3.42. The maximum Gasteiger partial charge on any atom is 0.242 e. The average molecular weight is 297 g/mol. The largest absolute Gasteiger partial charge is 0.370 e. The van der Waals surface area contributed by atoms with Gasteiger partial charge in [0.25, 0.3) is 0 Å². The van der Waals surface area contributed by atoms with Crippen LogP contribution in [0.1, 0.15) is 19.8 Å². The molecule has 0 aliphatic carbocycles. The second kappa shape index (κ2) is 5.71. The molecular formula is C14H23N3O2S. The van der Waals surface area contributed by atoms with Gasteiger partial charge in [-0.3, -0.25) is 0 Å². The Morgan fingerprint density at radius 3 is 2.30 bits per heavy atom. The molecule has 112 valence electrons. The fourth-order valence-electron chi connectivity index (χ4n) is 2.55. The Hall–Kier alpha value is -1.11. The molecule has 0 bridgehead atoms. The van der Waals surface area contributed by atoms with Gasteiger partial charge in [-0.1, -0.05) is 12.1 Å². The molecule has 0 spiro atoms. The third kappa shape index (κ3) is 2.97. The molecule has 0 radical (unpaired) electrons. The van der Waals surface area contributed by atoms with E-state index in [9.17, 15) is 8.42 Å². The first-order chi connectivity index (χ1) is 9.42. The van der Waals surface area contributed by atoms with Gasteiger partial charge in [0.2, 0.25) is 10.0 Å². The van der Waals surface area contributed by atoms with E-state index in [0.717, 1.165) is 31.6 Å². The van der Waals surface area contributed by atoms with Crippen molar-refractivity contribution < 1.29 is 8.42 Å². The van der Waals surface area contributed by atoms with Crippen molar-refractivity contribution in [3.63, 3.8) is 0 Å². The third-order valence-electron chi connectivity index (χ3n) is 4.23. The summed E-state index contributed by atoms with van der Waals surface area (Å²) in [6.07, 6.45) is 1.99. The first-order valence-corrected chi connectivity index (χ1v) is 8.37. The van der Waals surface area contributed by atoms with Crippen molar-refractivity contribution in [1.82, 2.24) is 10.0 Å². The summed E-state index contributed by atoms with van der Waals surface area (Å²) < 4.78 is 26.6. The van der Waals surface area contributed by atoms with Crippen molar-refractivity contribution in [3.8, 4) is 0 Å². The van der Waals surface area contributed by atoms with Gasteiger partial charge in [0.15, 0.2) is 0 Å². The third-order valence-corrected chi connectivity index (χ3v) is 5.70. The zero-order valence-electron chi connectivity index (χ0n) is 12.3. The van der Waals surface area contributed by atoms with Crippen LogP contribution in [0.5, 0.6) is 0 Å². The SMILES string of the molecule is CNC1(C)CCN(c2ccccc2S(=O)(=O)NC)CC1. The number of sulfonamides is 1. The summed E-state index contributed by atoms with van der Waals surface area (Å²) in [4.78, 5) is 2.51. The highest BCUT2D eigenvalue weighted by Crippen LogP contribution is 2.30. The molecule has 0 saturated carbocycles. The lowest BCUT2D eigenvalue weighted by Gasteiger charge is -2.40. The molecule has 0 unspecified atom stereocenters. The molecular weight excluding hydrogens is 274 g/mol. The van der Waals surface area contributed by atoms with E-state index in [1.807, 2.05) is 19.2 Å². The standard InChI is InChI=1S/C14H23N3O2S/c1-14(15-2)8-10-17(11-9-14)12-6-4-5-7-13(12)20(18,19)16-3/h4-7,15-16H,8-11H2,1-3H3. The van der Waals surface area contributed by atoms with E-state index in [0.29, 0.717) is 4.90 Å². The van der Waals surface area contributed by atoms with Crippen LogP contribution in [0.3, 0.4) is 0 Å². The number of hydrogen-bond donors (Lipinski definition) is 2. The van der Waals surface area contributed by atoms with Crippen LogP contribution in [0.4, 0.5) is 5.69 Å². The predicted molar refractivity (Wildman–Crippen MR) is 81.6 cm³/mol. The van der Waals surface area contributed by atoms with Crippen LogP contribution in [0, 0.1) is 0 Å². The van der Waals surface area contributed by atoms with Crippen LogP contribution in [0.15, 0.2) is 29.2 Å². The lowest BCUT2D eigenvalue weighted by atomic mass is 9.89. The molecule has 0 atom stereocenters. The van der Waals surface area contributed by atoms with Crippen LogP contribution in [0.25, 0.3) is 0 Å². The summed E-state index contributed by atoms with van der Waals surface area (Å²) in [5.41, 5.74) is 0.938. The molecule has 1 aliphatic heterocycles. The summed E-state index contributed by atoms with van der Waals surface area (Å²) in [5, 5.41) is 3.35. The fourth-order valence-corrected chi connectivity index (χ4v) is 3.50. The Morgan fingerprint density at radius 1 is 1.15 bits per heavy atom. The lowest BCUT2D eigenvalue weighted by Crippen LogP contribution is -2.50. The number of benzene rings is 1. The number of para-hydroxylation sites is 1. The molecule has 2 N–H and O–H groups in total. The number of rotatable bonds is 4. The van der Waals surface area contributed by atoms with Gasteiger partial charge in [0.1, 0.15) is 4.90 Å². The Balaban J connectivity index is 2.28. The van der Waals surface area contributed by atoms with Gasteiger partial charge in [0.05, 0.1) is 5.69 Å². The van der Waals surface area contributed by atoms with Gasteiger partial charge in [-0.05, 0) is 46.0 Å². The normalized spacial score (nSPS) is 19.1. The Bertz CT molecular complexity index is 564. The van der Waals surface area contributed by atoms with Gasteiger partial charge >= 0.3 is 0 Å². The molecule has 1 aromatic rings. The number of hydrogen-bond acceptors (Lipinski definition) is 4. The first-order valence-electron chi connectivity index (χ1n) is 6.88. The highest BCUT2D eigenvalue weighted by Gasteiger charge is 2.30. The molecule has 5 nitrogen and oxygen atoms in total. The van der Waals surface area contributed by atoms with Crippen LogP contribution in [-0.2, 0) is 10.0 Å². The molecule has 1 aromatic carbocycles. The van der Waals surface area contributed by atoms with Gasteiger partial charge in [-0.2, -0.15) is 0 Å². The highest BCUT2D eigenvalue weighted by atomic mass is 32.2. The lowest BCUT2D eigenvalue weighted by molar-refractivity contribution is 0.304. The monoisotopic (exact) mass is 297 g/mol. The van der Waals surface area contributed by atoms with E-state index in [-0.39, 0.29) is 5.54 Å². The molecule has 6 heteroatoms. The zero-order chi connectivity index (χ0) is 14.8. The van der Waals surface area contributed by atoms with Crippen molar-refractivity contribution >= 4 is 15.7 Å². The second-order valence-electron chi connectivity index (χ2n) is 5.47. The van der Waals surface area contributed by atoms with Crippen molar-refractivity contribution in [2.75, 3.05) is 32.1 Å². The summed E-state index contributed by atoms with van der Waals surface area (Å²) in [6, 6.07) is 7.19. The van der Waals surface area contributed by atoms with Crippen LogP contribution < -0.4 is 14.9 Å². The fraction of sp³-hybridized carbons (Fsp3) is 0.571. The minimum Gasteiger partial charge on any atom is -0.370 e. The molecule has 20 heavy (non-hydrogen) atoms. The molecule has 2 rings (SSSR count). The van der Waals surface area contributed by atoms with Gasteiger partial charge in [-0.25, -0.2) is 13.1 Å². The minimum absolute atomic E-state index is 0.146. The maximum absolute atomic E-state index is 12.1. The van der Waals surface area contributed by atoms with Crippen LogP contribution in [0.2, 0.25) is 0 Å². The average Bonchev–Trinajstić information content (AvgIpc) is 2.48. The topological polar surface area (TPSA) is 61.4 Å². The number of anilines is 1. The quantitative estimate of drug-likeness (QED) is 0.876. The Morgan fingerprint density at radius 2 is 1.75 bits per heavy atom. The molecule has 0 amide bonds. The number of nitrogens with one attached hydrogen (secondary N) is 2. The van der Waals surface area contributed by atoms with Crippen molar-refractivity contribution in [2.45, 2.75) is 30.2 Å². The number of nitrogens with zero attached hydrogens (tertiary/aromatic N) is 1. The van der Waals surface area contributed by atoms with E-state index in [1.165, 1.54) is 7.05 Å². The highest BCUT2D eigenvalue weighted by molar-refractivity contribution is 7.89. The summed E-state index contributed by atoms with van der Waals surface area (Å²) in [7, 11) is 0.00626. The molecule has 1 fully saturated rings. The summed E-state index contributed by atoms with van der Waals surface area (Å²) in [5.74, 6) is 0. The molecule has 0 aromatic heterocycles. The Labute approximate surface area is 121 Å². The van der Waals surface area contributed by atoms with Crippen LogP contribution >= 0.6 is 0 Å². The van der Waals surface area contributed by atoms with E-state index < -0.39 is 10.0 Å². The van der Waals surface area contributed by atoms with Gasteiger partial charge in [-0.15, -0.1) is 0 Å². The van der Waals surface area contributed by atoms with E-state index in [4.69, 9.17) is 0 Å². The van der Waals surface area contributed by atoms with E-state index >= 15 is 0 Å². The molecule has 1 heterocycles. The van der Waals surface area contributed by atoms with Crippen LogP contribution in [-0.4, -0.2) is 41.1 Å². The van der Waals surface area contributed by atoms with E-state index in [1.54, 1.807) is 12.1 Å². The first kappa shape index (κ1) is 15.3. The van der Waals surface area contributed by atoms with Crippen molar-refractivity contribution in [1.29, 1.82) is 0 Å². The van der Waals surface area contributed by atoms with Crippen molar-refractivity contribution in [2.24, 2.45) is 0 Å². The zero-order valence-corrected chi connectivity index (χ0v) is 13.1. The van der Waals surface area contributed by atoms with Crippen molar-refractivity contribution in [3.05, 3.63) is 24.3 Å². The summed E-state index contributed by atoms with van der Waals surface area (Å²) >= 11 is 0. The molecule has 1 saturated heterocycles. The van der Waals surface area contributed by atoms with Gasteiger partial charge in [0, 0.05) is 18.6 Å². The van der Waals surface area contributed by atoms with Gasteiger partial charge < -0.3 is 10.2 Å². The predicted octanol–water partition coefficient (Wildman–Crippen LogP) is 1.17. The second-order valence-corrected chi connectivity index (χ2v) is 7.33. The molecule has 1 aliphatic rings. The number of piperidine rings is 1. The smallest absolute Gasteiger partial charge is 0.242 e. The van der Waals surface area contributed by atoms with E-state index in [2.05, 4.69) is 21.9 Å².